The number of hydrogen-bond donors (Lipinski definition) is 2. The van der Waals surface area contributed by atoms with Crippen LogP contribution in [0.15, 0.2) is 30.3 Å². The zero-order valence-electron chi connectivity index (χ0n) is 8.29. The molecule has 0 atom stereocenters. The van der Waals surface area contributed by atoms with E-state index < -0.39 is 0 Å². The maximum absolute atomic E-state index is 5.71. The quantitative estimate of drug-likeness (QED) is 0.738. The number of nitrogens with one attached hydrogen (secondary N) is 1. The Bertz CT molecular complexity index is 342. The van der Waals surface area contributed by atoms with Crippen molar-refractivity contribution in [2.45, 2.75) is 13.0 Å². The lowest BCUT2D eigenvalue weighted by Crippen LogP contribution is -2.20. The van der Waals surface area contributed by atoms with E-state index in [1.807, 2.05) is 6.07 Å². The molecule has 1 aromatic rings. The van der Waals surface area contributed by atoms with Crippen LogP contribution in [0.2, 0.25) is 0 Å². The van der Waals surface area contributed by atoms with Gasteiger partial charge >= 0.3 is 0 Å². The van der Waals surface area contributed by atoms with Gasteiger partial charge in [0.05, 0.1) is 0 Å². The molecule has 2 heteroatoms. The third-order valence-electron chi connectivity index (χ3n) is 2.65. The van der Waals surface area contributed by atoms with Gasteiger partial charge in [0.25, 0.3) is 0 Å². The van der Waals surface area contributed by atoms with Gasteiger partial charge < -0.3 is 11.1 Å². The molecule has 14 heavy (non-hydrogen) atoms. The maximum Gasteiger partial charge on any atom is 0.0184 e. The molecule has 0 unspecified atom stereocenters. The van der Waals surface area contributed by atoms with Gasteiger partial charge in [-0.3, -0.25) is 0 Å². The van der Waals surface area contributed by atoms with Crippen LogP contribution in [0.25, 0.3) is 5.57 Å². The second kappa shape index (κ2) is 4.40. The second-order valence-corrected chi connectivity index (χ2v) is 3.54. The van der Waals surface area contributed by atoms with Crippen molar-refractivity contribution < 1.29 is 0 Å². The van der Waals surface area contributed by atoms with Crippen molar-refractivity contribution in [3.63, 3.8) is 0 Å². The minimum atomic E-state index is 0.626. The Morgan fingerprint density at radius 1 is 1.29 bits per heavy atom. The van der Waals surface area contributed by atoms with Crippen molar-refractivity contribution in [2.24, 2.45) is 5.73 Å². The normalized spacial score (nSPS) is 16.5. The summed E-state index contributed by atoms with van der Waals surface area (Å²) in [4.78, 5) is 0. The van der Waals surface area contributed by atoms with Crippen molar-refractivity contribution in [3.8, 4) is 0 Å². The van der Waals surface area contributed by atoms with E-state index in [4.69, 9.17) is 5.73 Å². The molecule has 74 valence electrons. The average Bonchev–Trinajstić information content (AvgIpc) is 2.30. The fourth-order valence-electron chi connectivity index (χ4n) is 1.88. The molecule has 0 aromatic heterocycles. The number of rotatable bonds is 2. The number of benzene rings is 1. The molecule has 1 aromatic carbocycles. The van der Waals surface area contributed by atoms with E-state index in [1.165, 1.54) is 16.7 Å². The Morgan fingerprint density at radius 2 is 2.14 bits per heavy atom. The van der Waals surface area contributed by atoms with Crippen LogP contribution in [0.4, 0.5) is 0 Å². The lowest BCUT2D eigenvalue weighted by atomic mass is 9.95. The molecule has 0 bridgehead atoms. The monoisotopic (exact) mass is 188 g/mol. The Hall–Kier alpha value is -1.12. The van der Waals surface area contributed by atoms with Gasteiger partial charge in [-0.15, -0.1) is 0 Å². The molecule has 0 saturated carbocycles. The minimum Gasteiger partial charge on any atom is -0.326 e. The first-order valence-electron chi connectivity index (χ1n) is 5.10. The molecule has 1 aliphatic rings. The molecule has 0 amide bonds. The van der Waals surface area contributed by atoms with E-state index in [9.17, 15) is 0 Å². The van der Waals surface area contributed by atoms with E-state index in [0.29, 0.717) is 6.54 Å². The number of nitrogens with two attached hydrogens (primary N) is 1. The van der Waals surface area contributed by atoms with Crippen molar-refractivity contribution in [3.05, 3.63) is 41.5 Å². The van der Waals surface area contributed by atoms with Gasteiger partial charge in [-0.05, 0) is 29.7 Å². The van der Waals surface area contributed by atoms with Gasteiger partial charge in [-0.2, -0.15) is 0 Å². The average molecular weight is 188 g/mol. The Balaban J connectivity index is 2.34. The summed E-state index contributed by atoms with van der Waals surface area (Å²) in [6.45, 7) is 2.68. The summed E-state index contributed by atoms with van der Waals surface area (Å²) in [5, 5.41) is 3.31. The third-order valence-corrected chi connectivity index (χ3v) is 2.65. The second-order valence-electron chi connectivity index (χ2n) is 3.54. The van der Waals surface area contributed by atoms with Gasteiger partial charge in [-0.1, -0.05) is 30.3 Å². The van der Waals surface area contributed by atoms with Crippen LogP contribution in [0.3, 0.4) is 0 Å². The van der Waals surface area contributed by atoms with Crippen molar-refractivity contribution >= 4 is 5.57 Å². The molecular formula is C12H16N2. The molecule has 0 saturated heterocycles. The third kappa shape index (κ3) is 1.86. The zero-order valence-corrected chi connectivity index (χ0v) is 8.29. The van der Waals surface area contributed by atoms with Crippen LogP contribution in [-0.4, -0.2) is 13.1 Å². The van der Waals surface area contributed by atoms with Crippen LogP contribution >= 0.6 is 0 Å². The Kier molecular flexibility index (Phi) is 2.96. The lowest BCUT2D eigenvalue weighted by molar-refractivity contribution is 0.738. The van der Waals surface area contributed by atoms with Gasteiger partial charge in [0.1, 0.15) is 0 Å². The molecule has 0 radical (unpaired) electrons. The molecule has 2 rings (SSSR count). The van der Waals surface area contributed by atoms with Crippen LogP contribution < -0.4 is 11.1 Å². The highest BCUT2D eigenvalue weighted by Crippen LogP contribution is 2.22. The summed E-state index contributed by atoms with van der Waals surface area (Å²) in [6, 6.07) is 8.41. The SMILES string of the molecule is NCc1ccccc1C1=CCNCC1. The summed E-state index contributed by atoms with van der Waals surface area (Å²) in [6.07, 6.45) is 3.37. The largest absolute Gasteiger partial charge is 0.326 e. The summed E-state index contributed by atoms with van der Waals surface area (Å²) >= 11 is 0. The molecule has 3 N–H and O–H groups in total. The Morgan fingerprint density at radius 3 is 2.86 bits per heavy atom. The van der Waals surface area contributed by atoms with E-state index in [-0.39, 0.29) is 0 Å². The molecule has 1 aliphatic heterocycles. The van der Waals surface area contributed by atoms with E-state index >= 15 is 0 Å². The smallest absolute Gasteiger partial charge is 0.0184 e. The summed E-state index contributed by atoms with van der Waals surface area (Å²) in [7, 11) is 0. The van der Waals surface area contributed by atoms with E-state index in [0.717, 1.165) is 19.5 Å². The van der Waals surface area contributed by atoms with Crippen LogP contribution in [0, 0.1) is 0 Å². The first-order chi connectivity index (χ1) is 6.92. The molecular weight excluding hydrogens is 172 g/mol. The summed E-state index contributed by atoms with van der Waals surface area (Å²) in [5.74, 6) is 0. The van der Waals surface area contributed by atoms with Gasteiger partial charge in [0.15, 0.2) is 0 Å². The van der Waals surface area contributed by atoms with Gasteiger partial charge in [0.2, 0.25) is 0 Å². The first kappa shape index (κ1) is 9.44. The van der Waals surface area contributed by atoms with Crippen molar-refractivity contribution in [1.29, 1.82) is 0 Å². The maximum atomic E-state index is 5.71. The predicted molar refractivity (Wildman–Crippen MR) is 59.8 cm³/mol. The van der Waals surface area contributed by atoms with Crippen LogP contribution in [0.5, 0.6) is 0 Å². The molecule has 0 aliphatic carbocycles. The highest BCUT2D eigenvalue weighted by atomic mass is 14.8. The Labute approximate surface area is 84.8 Å². The fraction of sp³-hybridized carbons (Fsp3) is 0.333. The molecule has 1 heterocycles. The van der Waals surface area contributed by atoms with Crippen molar-refractivity contribution in [2.75, 3.05) is 13.1 Å². The fourth-order valence-corrected chi connectivity index (χ4v) is 1.88. The van der Waals surface area contributed by atoms with E-state index in [1.54, 1.807) is 0 Å². The highest BCUT2D eigenvalue weighted by Gasteiger charge is 2.08. The zero-order chi connectivity index (χ0) is 9.80. The molecule has 0 fully saturated rings. The molecule has 0 spiro atoms. The van der Waals surface area contributed by atoms with E-state index in [2.05, 4.69) is 29.6 Å². The van der Waals surface area contributed by atoms with Crippen molar-refractivity contribution in [1.82, 2.24) is 5.32 Å². The summed E-state index contributed by atoms with van der Waals surface area (Å²) < 4.78 is 0. The summed E-state index contributed by atoms with van der Waals surface area (Å²) in [5.41, 5.74) is 9.73. The van der Waals surface area contributed by atoms with Gasteiger partial charge in [0, 0.05) is 13.1 Å². The number of hydrogen-bond acceptors (Lipinski definition) is 2. The van der Waals surface area contributed by atoms with Gasteiger partial charge in [-0.25, -0.2) is 0 Å². The standard InChI is InChI=1S/C12H16N2/c13-9-11-3-1-2-4-12(11)10-5-7-14-8-6-10/h1-5,14H,6-9,13H2. The molecule has 2 nitrogen and oxygen atoms in total. The lowest BCUT2D eigenvalue weighted by Gasteiger charge is -2.16. The topological polar surface area (TPSA) is 38.0 Å². The highest BCUT2D eigenvalue weighted by molar-refractivity contribution is 5.69. The van der Waals surface area contributed by atoms with Crippen LogP contribution in [0.1, 0.15) is 17.5 Å². The van der Waals surface area contributed by atoms with Crippen LogP contribution in [-0.2, 0) is 6.54 Å². The minimum absolute atomic E-state index is 0.626. The first-order valence-corrected chi connectivity index (χ1v) is 5.10. The predicted octanol–water partition coefficient (Wildman–Crippen LogP) is 1.52.